The van der Waals surface area contributed by atoms with Crippen LogP contribution >= 0.6 is 0 Å². The van der Waals surface area contributed by atoms with Crippen LogP contribution in [0.5, 0.6) is 11.5 Å². The summed E-state index contributed by atoms with van der Waals surface area (Å²) in [5.74, 6) is 0.780. The lowest BCUT2D eigenvalue weighted by atomic mass is 10.1. The zero-order chi connectivity index (χ0) is 9.26. The highest BCUT2D eigenvalue weighted by atomic mass is 16.5. The molecule has 0 heterocycles. The largest absolute Gasteiger partial charge is 0.507 e. The molecule has 0 fully saturated rings. The lowest BCUT2D eigenvalue weighted by molar-refractivity contribution is 0.408. The van der Waals surface area contributed by atoms with Gasteiger partial charge in [-0.25, -0.2) is 0 Å². The molecule has 2 rings (SSSR count). The van der Waals surface area contributed by atoms with Crippen LogP contribution < -0.4 is 4.74 Å². The smallest absolute Gasteiger partial charge is 0.131 e. The van der Waals surface area contributed by atoms with Crippen molar-refractivity contribution >= 4 is 10.8 Å². The quantitative estimate of drug-likeness (QED) is 0.717. The highest BCUT2D eigenvalue weighted by Crippen LogP contribution is 2.28. The maximum Gasteiger partial charge on any atom is 0.131 e. The molecule has 0 aliphatic carbocycles. The number of aromatic hydroxyl groups is 1. The lowest BCUT2D eigenvalue weighted by Crippen LogP contribution is -1.83. The van der Waals surface area contributed by atoms with Gasteiger partial charge in [-0.1, -0.05) is 24.3 Å². The predicted octanol–water partition coefficient (Wildman–Crippen LogP) is 2.35. The minimum atomic E-state index is 0.228. The SMILES string of the molecule is COc1[c]c2ccccc2c(O)c1. The Bertz CT molecular complexity index is 435. The van der Waals surface area contributed by atoms with Gasteiger partial charge in [-0.2, -0.15) is 0 Å². The number of phenols is 1. The molecule has 0 saturated heterocycles. The minimum Gasteiger partial charge on any atom is -0.507 e. The van der Waals surface area contributed by atoms with Crippen molar-refractivity contribution in [2.45, 2.75) is 0 Å². The summed E-state index contributed by atoms with van der Waals surface area (Å²) in [5, 5.41) is 11.2. The Morgan fingerprint density at radius 2 is 2.08 bits per heavy atom. The molecule has 0 atom stereocenters. The van der Waals surface area contributed by atoms with Gasteiger partial charge in [-0.3, -0.25) is 0 Å². The summed E-state index contributed by atoms with van der Waals surface area (Å²) in [5.41, 5.74) is 0. The van der Waals surface area contributed by atoms with Crippen LogP contribution in [0.1, 0.15) is 0 Å². The van der Waals surface area contributed by atoms with Crippen LogP contribution in [0.2, 0.25) is 0 Å². The van der Waals surface area contributed by atoms with Crippen LogP contribution in [0.4, 0.5) is 0 Å². The van der Waals surface area contributed by atoms with E-state index in [1.165, 1.54) is 0 Å². The Hall–Kier alpha value is -1.70. The lowest BCUT2D eigenvalue weighted by Gasteiger charge is -2.03. The molecule has 0 amide bonds. The first-order valence-corrected chi connectivity index (χ1v) is 3.99. The number of phenolic OH excluding ortho intramolecular Hbond substituents is 1. The molecular formula is C11H9O2. The van der Waals surface area contributed by atoms with E-state index in [2.05, 4.69) is 6.07 Å². The highest BCUT2D eigenvalue weighted by molar-refractivity contribution is 5.88. The van der Waals surface area contributed by atoms with Crippen LogP contribution in [-0.2, 0) is 0 Å². The Morgan fingerprint density at radius 3 is 2.85 bits per heavy atom. The van der Waals surface area contributed by atoms with Gasteiger partial charge in [-0.15, -0.1) is 0 Å². The molecule has 2 heteroatoms. The monoisotopic (exact) mass is 173 g/mol. The molecule has 2 nitrogen and oxygen atoms in total. The Balaban J connectivity index is 2.77. The standard InChI is InChI=1S/C11H9O2/c1-13-9-6-8-4-2-3-5-10(8)11(12)7-9/h2-5,7,12H,1H3. The zero-order valence-corrected chi connectivity index (χ0v) is 7.24. The van der Waals surface area contributed by atoms with Crippen LogP contribution in [0.3, 0.4) is 0 Å². The Labute approximate surface area is 76.4 Å². The summed E-state index contributed by atoms with van der Waals surface area (Å²) < 4.78 is 4.99. The van der Waals surface area contributed by atoms with Gasteiger partial charge in [0, 0.05) is 17.5 Å². The van der Waals surface area contributed by atoms with E-state index in [9.17, 15) is 5.11 Å². The fourth-order valence-electron chi connectivity index (χ4n) is 1.30. The number of ether oxygens (including phenoxy) is 1. The fourth-order valence-corrected chi connectivity index (χ4v) is 1.30. The molecule has 0 saturated carbocycles. The topological polar surface area (TPSA) is 29.5 Å². The maximum absolute atomic E-state index is 9.58. The second-order valence-electron chi connectivity index (χ2n) is 2.77. The second kappa shape index (κ2) is 2.98. The van der Waals surface area contributed by atoms with E-state index >= 15 is 0 Å². The van der Waals surface area contributed by atoms with Gasteiger partial charge in [0.15, 0.2) is 0 Å². The Kier molecular flexibility index (Phi) is 1.81. The van der Waals surface area contributed by atoms with Crippen LogP contribution in [0.25, 0.3) is 10.8 Å². The van der Waals surface area contributed by atoms with Gasteiger partial charge >= 0.3 is 0 Å². The zero-order valence-electron chi connectivity index (χ0n) is 7.24. The van der Waals surface area contributed by atoms with Gasteiger partial charge in [0.05, 0.1) is 7.11 Å². The van der Waals surface area contributed by atoms with Crippen molar-refractivity contribution in [1.82, 2.24) is 0 Å². The summed E-state index contributed by atoms with van der Waals surface area (Å²) in [6.07, 6.45) is 0. The number of methoxy groups -OCH3 is 1. The molecule has 13 heavy (non-hydrogen) atoms. The van der Waals surface area contributed by atoms with E-state index in [1.54, 1.807) is 13.2 Å². The molecular weight excluding hydrogens is 164 g/mol. The van der Waals surface area contributed by atoms with Crippen LogP contribution in [-0.4, -0.2) is 12.2 Å². The average molecular weight is 173 g/mol. The summed E-state index contributed by atoms with van der Waals surface area (Å²) in [7, 11) is 1.56. The Morgan fingerprint density at radius 1 is 1.31 bits per heavy atom. The van der Waals surface area contributed by atoms with Crippen molar-refractivity contribution in [3.63, 3.8) is 0 Å². The van der Waals surface area contributed by atoms with Crippen molar-refractivity contribution in [3.05, 3.63) is 36.4 Å². The number of hydrogen-bond donors (Lipinski definition) is 1. The summed E-state index contributed by atoms with van der Waals surface area (Å²) in [6.45, 7) is 0. The van der Waals surface area contributed by atoms with Crippen molar-refractivity contribution in [2.75, 3.05) is 7.11 Å². The molecule has 1 N–H and O–H groups in total. The average Bonchev–Trinajstić information content (AvgIpc) is 2.18. The summed E-state index contributed by atoms with van der Waals surface area (Å²) in [4.78, 5) is 0. The summed E-state index contributed by atoms with van der Waals surface area (Å²) >= 11 is 0. The molecule has 0 unspecified atom stereocenters. The second-order valence-corrected chi connectivity index (χ2v) is 2.77. The van der Waals surface area contributed by atoms with E-state index in [0.29, 0.717) is 5.75 Å². The third kappa shape index (κ3) is 1.31. The number of fused-ring (bicyclic) bond motifs is 1. The molecule has 2 aromatic carbocycles. The van der Waals surface area contributed by atoms with Crippen molar-refractivity contribution < 1.29 is 9.84 Å². The van der Waals surface area contributed by atoms with E-state index < -0.39 is 0 Å². The van der Waals surface area contributed by atoms with Gasteiger partial charge in [0.25, 0.3) is 0 Å². The van der Waals surface area contributed by atoms with E-state index in [4.69, 9.17) is 4.74 Å². The molecule has 65 valence electrons. The van der Waals surface area contributed by atoms with E-state index in [-0.39, 0.29) is 5.75 Å². The van der Waals surface area contributed by atoms with E-state index in [0.717, 1.165) is 10.8 Å². The molecule has 0 aromatic heterocycles. The molecule has 0 bridgehead atoms. The first-order chi connectivity index (χ1) is 6.31. The van der Waals surface area contributed by atoms with Crippen LogP contribution in [0, 0.1) is 6.07 Å². The van der Waals surface area contributed by atoms with E-state index in [1.807, 2.05) is 24.3 Å². The molecule has 0 aliphatic heterocycles. The third-order valence-electron chi connectivity index (χ3n) is 1.95. The van der Waals surface area contributed by atoms with Gasteiger partial charge < -0.3 is 9.84 Å². The predicted molar refractivity (Wildman–Crippen MR) is 51.0 cm³/mol. The van der Waals surface area contributed by atoms with Gasteiger partial charge in [-0.05, 0) is 5.39 Å². The first-order valence-electron chi connectivity index (χ1n) is 3.99. The third-order valence-corrected chi connectivity index (χ3v) is 1.95. The van der Waals surface area contributed by atoms with Crippen molar-refractivity contribution in [1.29, 1.82) is 0 Å². The number of benzene rings is 2. The first kappa shape index (κ1) is 7.92. The normalized spacial score (nSPS) is 10.2. The molecule has 0 spiro atoms. The van der Waals surface area contributed by atoms with Crippen molar-refractivity contribution in [2.24, 2.45) is 0 Å². The van der Waals surface area contributed by atoms with Gasteiger partial charge in [0.2, 0.25) is 0 Å². The van der Waals surface area contributed by atoms with Gasteiger partial charge in [0.1, 0.15) is 11.5 Å². The molecule has 2 aromatic rings. The maximum atomic E-state index is 9.58. The van der Waals surface area contributed by atoms with Crippen LogP contribution in [0.15, 0.2) is 30.3 Å². The van der Waals surface area contributed by atoms with Crippen molar-refractivity contribution in [3.8, 4) is 11.5 Å². The highest BCUT2D eigenvalue weighted by Gasteiger charge is 2.01. The molecule has 1 radical (unpaired) electrons. The molecule has 0 aliphatic rings. The minimum absolute atomic E-state index is 0.228. The number of hydrogen-bond acceptors (Lipinski definition) is 2. The fraction of sp³-hybridized carbons (Fsp3) is 0.0909. The summed E-state index contributed by atoms with van der Waals surface area (Å²) in [6, 6.07) is 12.1. The number of rotatable bonds is 1.